The van der Waals surface area contributed by atoms with Crippen molar-refractivity contribution in [3.05, 3.63) is 41.5 Å². The zero-order valence-corrected chi connectivity index (χ0v) is 17.9. The molecule has 0 bridgehead atoms. The fourth-order valence-corrected chi connectivity index (χ4v) is 5.20. The minimum absolute atomic E-state index is 0.0450. The van der Waals surface area contributed by atoms with Crippen LogP contribution >= 0.6 is 0 Å². The number of amidine groups is 1. The average molecular weight is 404 g/mol. The van der Waals surface area contributed by atoms with Crippen LogP contribution in [0.15, 0.2) is 40.3 Å². The van der Waals surface area contributed by atoms with Crippen molar-refractivity contribution < 1.29 is 13.2 Å². The molecular formula is C21H29N3O3S. The molecule has 6 nitrogen and oxygen atoms in total. The Morgan fingerprint density at radius 1 is 1.07 bits per heavy atom. The highest BCUT2D eigenvalue weighted by Gasteiger charge is 2.34. The largest absolute Gasteiger partial charge is 0.354 e. The predicted molar refractivity (Wildman–Crippen MR) is 112 cm³/mol. The van der Waals surface area contributed by atoms with E-state index in [0.717, 1.165) is 6.42 Å². The van der Waals surface area contributed by atoms with E-state index in [4.69, 9.17) is 0 Å². The van der Waals surface area contributed by atoms with Gasteiger partial charge in [0.25, 0.3) is 10.0 Å². The number of rotatable bonds is 2. The van der Waals surface area contributed by atoms with E-state index in [1.165, 1.54) is 0 Å². The van der Waals surface area contributed by atoms with Gasteiger partial charge in [0.2, 0.25) is 5.91 Å². The molecule has 1 aromatic rings. The zero-order valence-electron chi connectivity index (χ0n) is 17.1. The van der Waals surface area contributed by atoms with Crippen LogP contribution in [0.2, 0.25) is 0 Å². The summed E-state index contributed by atoms with van der Waals surface area (Å²) >= 11 is 0. The quantitative estimate of drug-likeness (QED) is 0.761. The van der Waals surface area contributed by atoms with Gasteiger partial charge in [-0.25, -0.2) is 0 Å². The molecule has 3 rings (SSSR count). The van der Waals surface area contributed by atoms with E-state index in [1.807, 2.05) is 34.9 Å². The fraction of sp³-hybridized carbons (Fsp3) is 0.524. The van der Waals surface area contributed by atoms with Crippen molar-refractivity contribution in [2.45, 2.75) is 40.5 Å². The van der Waals surface area contributed by atoms with E-state index < -0.39 is 10.0 Å². The maximum atomic E-state index is 12.7. The minimum atomic E-state index is -3.71. The monoisotopic (exact) mass is 403 g/mol. The molecule has 7 heteroatoms. The Labute approximate surface area is 168 Å². The van der Waals surface area contributed by atoms with Gasteiger partial charge in [-0.1, -0.05) is 51.1 Å². The fourth-order valence-electron chi connectivity index (χ4n) is 3.72. The third-order valence-corrected chi connectivity index (χ3v) is 6.48. The Balaban J connectivity index is 1.79. The average Bonchev–Trinajstić information content (AvgIpc) is 2.77. The Bertz CT molecular complexity index is 912. The molecule has 1 aromatic carbocycles. The lowest BCUT2D eigenvalue weighted by molar-refractivity contribution is -0.132. The lowest BCUT2D eigenvalue weighted by Crippen LogP contribution is -2.38. The van der Waals surface area contributed by atoms with E-state index in [0.29, 0.717) is 49.6 Å². The molecule has 2 aliphatic rings. The number of nitrogens with zero attached hydrogens (tertiary/aromatic N) is 3. The van der Waals surface area contributed by atoms with Crippen molar-refractivity contribution in [3.8, 4) is 0 Å². The van der Waals surface area contributed by atoms with Crippen molar-refractivity contribution in [3.63, 3.8) is 0 Å². The van der Waals surface area contributed by atoms with E-state index in [9.17, 15) is 13.2 Å². The van der Waals surface area contributed by atoms with Crippen LogP contribution in [-0.4, -0.2) is 56.1 Å². The highest BCUT2D eigenvalue weighted by atomic mass is 32.2. The first-order valence-electron chi connectivity index (χ1n) is 9.73. The summed E-state index contributed by atoms with van der Waals surface area (Å²) in [5.41, 5.74) is 1.30. The number of amides is 1. The molecule has 152 valence electrons. The van der Waals surface area contributed by atoms with Gasteiger partial charge >= 0.3 is 0 Å². The van der Waals surface area contributed by atoms with Crippen LogP contribution in [-0.2, 0) is 14.8 Å². The maximum Gasteiger partial charge on any atom is 0.285 e. The molecule has 0 atom stereocenters. The van der Waals surface area contributed by atoms with Crippen LogP contribution < -0.4 is 0 Å². The van der Waals surface area contributed by atoms with Gasteiger partial charge in [-0.2, -0.15) is 8.42 Å². The zero-order chi connectivity index (χ0) is 20.5. The minimum Gasteiger partial charge on any atom is -0.354 e. The molecule has 2 heterocycles. The topological polar surface area (TPSA) is 70.1 Å². The summed E-state index contributed by atoms with van der Waals surface area (Å²) in [5.74, 6) is 0.677. The lowest BCUT2D eigenvalue weighted by atomic mass is 9.91. The number of benzene rings is 1. The Morgan fingerprint density at radius 3 is 2.39 bits per heavy atom. The summed E-state index contributed by atoms with van der Waals surface area (Å²) in [5, 5.41) is 0. The Kier molecular flexibility index (Phi) is 5.66. The van der Waals surface area contributed by atoms with Crippen molar-refractivity contribution >= 4 is 26.7 Å². The van der Waals surface area contributed by atoms with Gasteiger partial charge in [0.1, 0.15) is 10.7 Å². The molecule has 1 amide bonds. The summed E-state index contributed by atoms with van der Waals surface area (Å²) in [4.78, 5) is 16.8. The van der Waals surface area contributed by atoms with Crippen molar-refractivity contribution in [2.75, 3.05) is 26.2 Å². The SMILES string of the molecule is CC1=C(c2ccccc2)S(=O)(=O)N=C1N1CCCN(C(=O)CC(C)(C)C)CC1. The summed E-state index contributed by atoms with van der Waals surface area (Å²) in [6.45, 7) is 10.6. The van der Waals surface area contributed by atoms with Gasteiger partial charge in [0, 0.05) is 38.2 Å². The van der Waals surface area contributed by atoms with Gasteiger partial charge in [-0.05, 0) is 24.3 Å². The summed E-state index contributed by atoms with van der Waals surface area (Å²) in [6.07, 6.45) is 1.31. The molecule has 0 aliphatic carbocycles. The molecule has 28 heavy (non-hydrogen) atoms. The van der Waals surface area contributed by atoms with Gasteiger partial charge in [0.15, 0.2) is 0 Å². The normalized spacial score (nSPS) is 20.2. The van der Waals surface area contributed by atoms with Gasteiger partial charge in [-0.15, -0.1) is 4.40 Å². The standard InChI is InChI=1S/C21H29N3O3S/c1-16-19(17-9-6-5-7-10-17)28(26,27)22-20(16)24-12-8-11-23(13-14-24)18(25)15-21(2,3)4/h5-7,9-10H,8,11-15H2,1-4H3. The number of carbonyl (C=O) groups excluding carboxylic acids is 1. The molecule has 0 N–H and O–H groups in total. The molecule has 2 aliphatic heterocycles. The molecule has 1 fully saturated rings. The van der Waals surface area contributed by atoms with Crippen LogP contribution in [0.1, 0.15) is 46.1 Å². The van der Waals surface area contributed by atoms with Crippen molar-refractivity contribution in [2.24, 2.45) is 9.81 Å². The van der Waals surface area contributed by atoms with Gasteiger partial charge in [0.05, 0.1) is 0 Å². The molecule has 0 spiro atoms. The number of carbonyl (C=O) groups is 1. The highest BCUT2D eigenvalue weighted by Crippen LogP contribution is 2.33. The maximum absolute atomic E-state index is 12.7. The lowest BCUT2D eigenvalue weighted by Gasteiger charge is -2.26. The van der Waals surface area contributed by atoms with Gasteiger partial charge in [-0.3, -0.25) is 4.79 Å². The third-order valence-electron chi connectivity index (χ3n) is 5.01. The second-order valence-electron chi connectivity index (χ2n) is 8.67. The van der Waals surface area contributed by atoms with E-state index in [1.54, 1.807) is 12.1 Å². The number of hydrogen-bond donors (Lipinski definition) is 0. The summed E-state index contributed by atoms with van der Waals surface area (Å²) in [7, 11) is -3.71. The van der Waals surface area contributed by atoms with Crippen LogP contribution in [0.5, 0.6) is 0 Å². The van der Waals surface area contributed by atoms with E-state index >= 15 is 0 Å². The van der Waals surface area contributed by atoms with Gasteiger partial charge < -0.3 is 9.80 Å². The van der Waals surface area contributed by atoms with Crippen LogP contribution in [0.25, 0.3) is 4.91 Å². The molecule has 1 saturated heterocycles. The second-order valence-corrected chi connectivity index (χ2v) is 10.2. The summed E-state index contributed by atoms with van der Waals surface area (Å²) < 4.78 is 29.5. The number of hydrogen-bond acceptors (Lipinski definition) is 4. The molecule has 0 aromatic heterocycles. The summed E-state index contributed by atoms with van der Waals surface area (Å²) in [6, 6.07) is 9.11. The second kappa shape index (κ2) is 7.70. The highest BCUT2D eigenvalue weighted by molar-refractivity contribution is 8.00. The Morgan fingerprint density at radius 2 is 1.75 bits per heavy atom. The van der Waals surface area contributed by atoms with Crippen molar-refractivity contribution in [1.29, 1.82) is 0 Å². The molecule has 0 radical (unpaired) electrons. The van der Waals surface area contributed by atoms with Crippen LogP contribution in [0.4, 0.5) is 0 Å². The first-order chi connectivity index (χ1) is 13.1. The van der Waals surface area contributed by atoms with E-state index in [2.05, 4.69) is 25.2 Å². The molecular weight excluding hydrogens is 374 g/mol. The van der Waals surface area contributed by atoms with Crippen LogP contribution in [0, 0.1) is 5.41 Å². The smallest absolute Gasteiger partial charge is 0.285 e. The first kappa shape index (κ1) is 20.6. The third kappa shape index (κ3) is 4.46. The van der Waals surface area contributed by atoms with E-state index in [-0.39, 0.29) is 16.2 Å². The predicted octanol–water partition coefficient (Wildman–Crippen LogP) is 3.13. The van der Waals surface area contributed by atoms with Crippen LogP contribution in [0.3, 0.4) is 0 Å². The Hall–Kier alpha value is -2.15. The van der Waals surface area contributed by atoms with Crippen molar-refractivity contribution in [1.82, 2.24) is 9.80 Å². The number of sulfonamides is 1. The molecule has 0 saturated carbocycles. The first-order valence-corrected chi connectivity index (χ1v) is 11.2. The molecule has 0 unspecified atom stereocenters.